The van der Waals surface area contributed by atoms with Crippen molar-refractivity contribution < 1.29 is 9.47 Å². The Hall–Kier alpha value is -2.07. The van der Waals surface area contributed by atoms with Gasteiger partial charge in [0.15, 0.2) is 0 Å². The Labute approximate surface area is 119 Å². The van der Waals surface area contributed by atoms with Gasteiger partial charge in [0.2, 0.25) is 0 Å². The SMILES string of the molecule is COc1ccc(OC)c(C(N)c2ncc(C)cc2C)c1. The highest BCUT2D eigenvalue weighted by Crippen LogP contribution is 2.32. The second-order valence-corrected chi connectivity index (χ2v) is 4.80. The second-order valence-electron chi connectivity index (χ2n) is 4.80. The highest BCUT2D eigenvalue weighted by molar-refractivity contribution is 5.46. The topological polar surface area (TPSA) is 57.4 Å². The van der Waals surface area contributed by atoms with Crippen molar-refractivity contribution in [2.45, 2.75) is 19.9 Å². The summed E-state index contributed by atoms with van der Waals surface area (Å²) in [4.78, 5) is 4.46. The molecular weight excluding hydrogens is 252 g/mol. The summed E-state index contributed by atoms with van der Waals surface area (Å²) >= 11 is 0. The van der Waals surface area contributed by atoms with Crippen molar-refractivity contribution in [3.05, 3.63) is 52.8 Å². The molecule has 2 rings (SSSR count). The Bertz CT molecular complexity index is 611. The summed E-state index contributed by atoms with van der Waals surface area (Å²) in [5, 5.41) is 0. The number of pyridine rings is 1. The van der Waals surface area contributed by atoms with Crippen molar-refractivity contribution in [1.82, 2.24) is 4.98 Å². The van der Waals surface area contributed by atoms with Gasteiger partial charge in [0.25, 0.3) is 0 Å². The molecule has 20 heavy (non-hydrogen) atoms. The molecule has 106 valence electrons. The van der Waals surface area contributed by atoms with Gasteiger partial charge in [-0.25, -0.2) is 0 Å². The predicted octanol–water partition coefficient (Wildman–Crippen LogP) is 2.76. The molecule has 1 unspecified atom stereocenters. The third-order valence-electron chi connectivity index (χ3n) is 3.32. The minimum absolute atomic E-state index is 0.347. The third-order valence-corrected chi connectivity index (χ3v) is 3.32. The molecule has 2 N–H and O–H groups in total. The summed E-state index contributed by atoms with van der Waals surface area (Å²) in [6, 6.07) is 7.34. The lowest BCUT2D eigenvalue weighted by molar-refractivity contribution is 0.397. The van der Waals surface area contributed by atoms with Crippen LogP contribution in [0.1, 0.15) is 28.4 Å². The van der Waals surface area contributed by atoms with Crippen molar-refractivity contribution in [2.75, 3.05) is 14.2 Å². The summed E-state index contributed by atoms with van der Waals surface area (Å²) < 4.78 is 10.6. The molecule has 4 heteroatoms. The molecule has 0 spiro atoms. The van der Waals surface area contributed by atoms with Gasteiger partial charge in [0, 0.05) is 11.8 Å². The fourth-order valence-corrected chi connectivity index (χ4v) is 2.28. The van der Waals surface area contributed by atoms with Gasteiger partial charge in [-0.05, 0) is 43.2 Å². The first-order chi connectivity index (χ1) is 9.56. The zero-order valence-corrected chi connectivity index (χ0v) is 12.3. The molecule has 1 heterocycles. The molecule has 0 radical (unpaired) electrons. The minimum atomic E-state index is -0.347. The van der Waals surface area contributed by atoms with Gasteiger partial charge >= 0.3 is 0 Å². The van der Waals surface area contributed by atoms with Crippen LogP contribution in [0.15, 0.2) is 30.5 Å². The van der Waals surface area contributed by atoms with E-state index in [2.05, 4.69) is 11.1 Å². The molecule has 0 saturated carbocycles. The van der Waals surface area contributed by atoms with E-state index in [0.29, 0.717) is 0 Å². The van der Waals surface area contributed by atoms with E-state index in [1.165, 1.54) is 0 Å². The maximum atomic E-state index is 6.37. The molecule has 0 aliphatic carbocycles. The number of ether oxygens (including phenoxy) is 2. The number of hydrogen-bond donors (Lipinski definition) is 1. The Balaban J connectivity index is 2.48. The number of rotatable bonds is 4. The number of hydrogen-bond acceptors (Lipinski definition) is 4. The Morgan fingerprint density at radius 3 is 2.45 bits per heavy atom. The molecule has 1 aromatic carbocycles. The quantitative estimate of drug-likeness (QED) is 0.929. The maximum absolute atomic E-state index is 6.37. The van der Waals surface area contributed by atoms with Crippen LogP contribution < -0.4 is 15.2 Å². The van der Waals surface area contributed by atoms with Crippen LogP contribution in [0.5, 0.6) is 11.5 Å². The van der Waals surface area contributed by atoms with E-state index in [1.54, 1.807) is 14.2 Å². The summed E-state index contributed by atoms with van der Waals surface area (Å²) in [7, 11) is 3.26. The van der Waals surface area contributed by atoms with Crippen LogP contribution in [-0.2, 0) is 0 Å². The average Bonchev–Trinajstić information content (AvgIpc) is 2.46. The van der Waals surface area contributed by atoms with E-state index < -0.39 is 0 Å². The molecule has 1 aromatic heterocycles. The minimum Gasteiger partial charge on any atom is -0.497 e. The number of methoxy groups -OCH3 is 2. The first kappa shape index (κ1) is 14.3. The van der Waals surface area contributed by atoms with E-state index in [9.17, 15) is 0 Å². The van der Waals surface area contributed by atoms with Crippen LogP contribution in [0.3, 0.4) is 0 Å². The number of nitrogens with zero attached hydrogens (tertiary/aromatic N) is 1. The predicted molar refractivity (Wildman–Crippen MR) is 79.3 cm³/mol. The van der Waals surface area contributed by atoms with Gasteiger partial charge in [0.05, 0.1) is 26.0 Å². The van der Waals surface area contributed by atoms with Crippen LogP contribution in [0.25, 0.3) is 0 Å². The molecule has 0 saturated heterocycles. The average molecular weight is 272 g/mol. The maximum Gasteiger partial charge on any atom is 0.124 e. The standard InChI is InChI=1S/C16H20N2O2/c1-10-7-11(2)16(18-9-10)15(17)13-8-12(19-3)5-6-14(13)20-4/h5-9,15H,17H2,1-4H3. The lowest BCUT2D eigenvalue weighted by atomic mass is 9.99. The molecule has 0 bridgehead atoms. The van der Waals surface area contributed by atoms with E-state index in [4.69, 9.17) is 15.2 Å². The van der Waals surface area contributed by atoms with E-state index in [-0.39, 0.29) is 6.04 Å². The molecule has 2 aromatic rings. The van der Waals surface area contributed by atoms with Crippen molar-refractivity contribution in [1.29, 1.82) is 0 Å². The first-order valence-electron chi connectivity index (χ1n) is 6.47. The fourth-order valence-electron chi connectivity index (χ4n) is 2.28. The van der Waals surface area contributed by atoms with Crippen molar-refractivity contribution in [3.8, 4) is 11.5 Å². The number of nitrogens with two attached hydrogens (primary N) is 1. The Kier molecular flexibility index (Phi) is 4.25. The van der Waals surface area contributed by atoms with Crippen LogP contribution in [0.4, 0.5) is 0 Å². The third kappa shape index (κ3) is 2.75. The van der Waals surface area contributed by atoms with Gasteiger partial charge in [-0.15, -0.1) is 0 Å². The van der Waals surface area contributed by atoms with Crippen molar-refractivity contribution >= 4 is 0 Å². The summed E-state index contributed by atoms with van der Waals surface area (Å²) in [5.41, 5.74) is 10.3. The molecule has 0 aliphatic heterocycles. The monoisotopic (exact) mass is 272 g/mol. The van der Waals surface area contributed by atoms with E-state index >= 15 is 0 Å². The lowest BCUT2D eigenvalue weighted by Gasteiger charge is -2.18. The van der Waals surface area contributed by atoms with Crippen LogP contribution in [0.2, 0.25) is 0 Å². The highest BCUT2D eigenvalue weighted by atomic mass is 16.5. The molecule has 4 nitrogen and oxygen atoms in total. The highest BCUT2D eigenvalue weighted by Gasteiger charge is 2.18. The summed E-state index contributed by atoms with van der Waals surface area (Å²) in [5.74, 6) is 1.49. The van der Waals surface area contributed by atoms with E-state index in [1.807, 2.05) is 38.2 Å². The smallest absolute Gasteiger partial charge is 0.124 e. The zero-order valence-electron chi connectivity index (χ0n) is 12.3. The fraction of sp³-hybridized carbons (Fsp3) is 0.312. The van der Waals surface area contributed by atoms with Gasteiger partial charge in [-0.3, -0.25) is 4.98 Å². The van der Waals surface area contributed by atoms with Crippen LogP contribution in [0, 0.1) is 13.8 Å². The molecule has 1 atom stereocenters. The molecular formula is C16H20N2O2. The zero-order chi connectivity index (χ0) is 14.7. The number of benzene rings is 1. The number of aryl methyl sites for hydroxylation is 2. The van der Waals surface area contributed by atoms with Crippen molar-refractivity contribution in [2.24, 2.45) is 5.73 Å². The summed E-state index contributed by atoms with van der Waals surface area (Å²) in [6.45, 7) is 4.03. The van der Waals surface area contributed by atoms with Gasteiger partial charge in [-0.1, -0.05) is 6.07 Å². The second kappa shape index (κ2) is 5.92. The van der Waals surface area contributed by atoms with E-state index in [0.717, 1.165) is 33.9 Å². The van der Waals surface area contributed by atoms with Crippen LogP contribution in [-0.4, -0.2) is 19.2 Å². The normalized spacial score (nSPS) is 12.1. The number of aromatic nitrogens is 1. The van der Waals surface area contributed by atoms with Crippen LogP contribution >= 0.6 is 0 Å². The van der Waals surface area contributed by atoms with Gasteiger partial charge in [0.1, 0.15) is 11.5 Å². The van der Waals surface area contributed by atoms with Gasteiger partial charge in [-0.2, -0.15) is 0 Å². The Morgan fingerprint density at radius 1 is 1.10 bits per heavy atom. The lowest BCUT2D eigenvalue weighted by Crippen LogP contribution is -2.16. The largest absolute Gasteiger partial charge is 0.497 e. The molecule has 0 amide bonds. The van der Waals surface area contributed by atoms with Gasteiger partial charge < -0.3 is 15.2 Å². The Morgan fingerprint density at radius 2 is 1.85 bits per heavy atom. The summed E-state index contributed by atoms with van der Waals surface area (Å²) in [6.07, 6.45) is 1.83. The molecule has 0 aliphatic rings. The van der Waals surface area contributed by atoms with Crippen molar-refractivity contribution in [3.63, 3.8) is 0 Å². The first-order valence-corrected chi connectivity index (χ1v) is 6.47. The molecule has 0 fully saturated rings.